The van der Waals surface area contributed by atoms with Crippen LogP contribution < -0.4 is 10.1 Å². The number of benzene rings is 2. The van der Waals surface area contributed by atoms with E-state index in [1.807, 2.05) is 0 Å². The van der Waals surface area contributed by atoms with Gasteiger partial charge in [0.1, 0.15) is 5.75 Å². The van der Waals surface area contributed by atoms with Gasteiger partial charge in [0, 0.05) is 6.54 Å². The van der Waals surface area contributed by atoms with Crippen LogP contribution in [0.1, 0.15) is 28.7 Å². The average Bonchev–Trinajstić information content (AvgIpc) is 3.03. The molecule has 2 aromatic carbocycles. The highest BCUT2D eigenvalue weighted by Crippen LogP contribution is 2.48. The van der Waals surface area contributed by atoms with Crippen molar-refractivity contribution >= 4 is 12.4 Å². The van der Waals surface area contributed by atoms with Gasteiger partial charge in [0.2, 0.25) is 0 Å². The third kappa shape index (κ3) is 1.62. The minimum absolute atomic E-state index is 0. The molecule has 2 aliphatic rings. The maximum Gasteiger partial charge on any atom is 0.122 e. The molecule has 1 unspecified atom stereocenters. The molecule has 0 amide bonds. The number of hydrogen-bond acceptors (Lipinski definition) is 2. The Morgan fingerprint density at radius 1 is 1.05 bits per heavy atom. The van der Waals surface area contributed by atoms with E-state index < -0.39 is 0 Å². The van der Waals surface area contributed by atoms with E-state index in [0.717, 1.165) is 25.1 Å². The fourth-order valence-electron chi connectivity index (χ4n) is 3.76. The fourth-order valence-corrected chi connectivity index (χ4v) is 3.76. The summed E-state index contributed by atoms with van der Waals surface area (Å²) in [5.41, 5.74) is 5.66. The highest BCUT2D eigenvalue weighted by atomic mass is 35.5. The van der Waals surface area contributed by atoms with Crippen LogP contribution in [-0.2, 0) is 18.5 Å². The molecule has 1 aliphatic carbocycles. The molecular weight excluding hydrogens is 270 g/mol. The summed E-state index contributed by atoms with van der Waals surface area (Å²) in [6, 6.07) is 15.2. The molecule has 1 spiro atoms. The summed E-state index contributed by atoms with van der Waals surface area (Å²) in [5.74, 6) is 1.03. The SMILES string of the molecule is COc1cccc2c1CCC21NCc2ccccc21.Cl. The summed E-state index contributed by atoms with van der Waals surface area (Å²) in [7, 11) is 1.76. The number of nitrogens with one attached hydrogen (secondary N) is 1. The number of halogens is 1. The van der Waals surface area contributed by atoms with Gasteiger partial charge >= 0.3 is 0 Å². The first-order valence-corrected chi connectivity index (χ1v) is 6.85. The van der Waals surface area contributed by atoms with Crippen molar-refractivity contribution in [3.8, 4) is 5.75 Å². The van der Waals surface area contributed by atoms with E-state index in [0.29, 0.717) is 0 Å². The maximum atomic E-state index is 5.52. The van der Waals surface area contributed by atoms with Gasteiger partial charge in [-0.2, -0.15) is 0 Å². The van der Waals surface area contributed by atoms with E-state index in [1.54, 1.807) is 7.11 Å². The minimum Gasteiger partial charge on any atom is -0.496 e. The van der Waals surface area contributed by atoms with Crippen LogP contribution in [0.2, 0.25) is 0 Å². The van der Waals surface area contributed by atoms with Crippen LogP contribution in [0.4, 0.5) is 0 Å². The summed E-state index contributed by atoms with van der Waals surface area (Å²) in [4.78, 5) is 0. The number of rotatable bonds is 1. The molecule has 1 aliphatic heterocycles. The third-order valence-electron chi connectivity index (χ3n) is 4.62. The lowest BCUT2D eigenvalue weighted by atomic mass is 9.85. The van der Waals surface area contributed by atoms with Gasteiger partial charge in [-0.15, -0.1) is 12.4 Å². The molecule has 20 heavy (non-hydrogen) atoms. The zero-order chi connectivity index (χ0) is 12.9. The first-order valence-electron chi connectivity index (χ1n) is 6.85. The summed E-state index contributed by atoms with van der Waals surface area (Å²) in [6.45, 7) is 0.965. The van der Waals surface area contributed by atoms with Gasteiger partial charge in [0.15, 0.2) is 0 Å². The number of fused-ring (bicyclic) bond motifs is 4. The van der Waals surface area contributed by atoms with Crippen molar-refractivity contribution in [3.63, 3.8) is 0 Å². The molecule has 0 aromatic heterocycles. The van der Waals surface area contributed by atoms with Crippen molar-refractivity contribution in [1.29, 1.82) is 0 Å². The zero-order valence-electron chi connectivity index (χ0n) is 11.5. The molecule has 0 fully saturated rings. The standard InChI is InChI=1S/C17H17NO.ClH/c1-19-16-8-4-7-15-13(16)9-10-17(15)14-6-3-2-5-12(14)11-18-17;/h2-8,18H,9-11H2,1H3;1H. The molecular formula is C17H18ClNO. The molecule has 0 saturated heterocycles. The third-order valence-corrected chi connectivity index (χ3v) is 4.62. The Bertz CT molecular complexity index is 655. The van der Waals surface area contributed by atoms with Gasteiger partial charge in [-0.3, -0.25) is 5.32 Å². The summed E-state index contributed by atoms with van der Waals surface area (Å²) in [5, 5.41) is 3.75. The highest BCUT2D eigenvalue weighted by Gasteiger charge is 2.45. The summed E-state index contributed by atoms with van der Waals surface area (Å²) in [6.07, 6.45) is 2.21. The lowest BCUT2D eigenvalue weighted by molar-refractivity contribution is 0.410. The Morgan fingerprint density at radius 2 is 1.85 bits per heavy atom. The van der Waals surface area contributed by atoms with Crippen LogP contribution >= 0.6 is 12.4 Å². The molecule has 3 heteroatoms. The van der Waals surface area contributed by atoms with Gasteiger partial charge in [-0.1, -0.05) is 36.4 Å². The van der Waals surface area contributed by atoms with Gasteiger partial charge in [0.25, 0.3) is 0 Å². The smallest absolute Gasteiger partial charge is 0.122 e. The summed E-state index contributed by atoms with van der Waals surface area (Å²) < 4.78 is 5.52. The molecule has 104 valence electrons. The lowest BCUT2D eigenvalue weighted by Gasteiger charge is -2.27. The van der Waals surface area contributed by atoms with Crippen molar-refractivity contribution in [1.82, 2.24) is 5.32 Å². The van der Waals surface area contributed by atoms with Crippen LogP contribution in [-0.4, -0.2) is 7.11 Å². The minimum atomic E-state index is 0. The summed E-state index contributed by atoms with van der Waals surface area (Å²) >= 11 is 0. The predicted octanol–water partition coefficient (Wildman–Crippen LogP) is 3.41. The molecule has 0 radical (unpaired) electrons. The Morgan fingerprint density at radius 3 is 2.70 bits per heavy atom. The first-order chi connectivity index (χ1) is 9.35. The second-order valence-corrected chi connectivity index (χ2v) is 5.40. The van der Waals surface area contributed by atoms with Crippen LogP contribution in [0, 0.1) is 0 Å². The second kappa shape index (κ2) is 4.80. The molecule has 2 nitrogen and oxygen atoms in total. The molecule has 0 bridgehead atoms. The van der Waals surface area contributed by atoms with E-state index in [1.165, 1.54) is 22.3 Å². The van der Waals surface area contributed by atoms with Gasteiger partial charge in [-0.05, 0) is 41.2 Å². The highest BCUT2D eigenvalue weighted by molar-refractivity contribution is 5.85. The second-order valence-electron chi connectivity index (χ2n) is 5.40. The van der Waals surface area contributed by atoms with Crippen LogP contribution in [0.15, 0.2) is 42.5 Å². The zero-order valence-corrected chi connectivity index (χ0v) is 12.3. The Kier molecular flexibility index (Phi) is 3.23. The van der Waals surface area contributed by atoms with E-state index in [2.05, 4.69) is 47.8 Å². The average molecular weight is 288 g/mol. The molecule has 2 aromatic rings. The Hall–Kier alpha value is -1.51. The van der Waals surface area contributed by atoms with E-state index >= 15 is 0 Å². The topological polar surface area (TPSA) is 21.3 Å². The van der Waals surface area contributed by atoms with Crippen molar-refractivity contribution in [2.45, 2.75) is 24.9 Å². The number of hydrogen-bond donors (Lipinski definition) is 1. The molecule has 0 saturated carbocycles. The maximum absolute atomic E-state index is 5.52. The van der Waals surface area contributed by atoms with Crippen molar-refractivity contribution < 1.29 is 4.74 Å². The van der Waals surface area contributed by atoms with Crippen molar-refractivity contribution in [3.05, 3.63) is 64.7 Å². The quantitative estimate of drug-likeness (QED) is 0.868. The largest absolute Gasteiger partial charge is 0.496 e. The van der Waals surface area contributed by atoms with Crippen LogP contribution in [0.25, 0.3) is 0 Å². The van der Waals surface area contributed by atoms with Crippen LogP contribution in [0.5, 0.6) is 5.75 Å². The Labute approximate surface area is 125 Å². The van der Waals surface area contributed by atoms with E-state index in [9.17, 15) is 0 Å². The molecule has 1 N–H and O–H groups in total. The normalized spacial score (nSPS) is 22.2. The van der Waals surface area contributed by atoms with Crippen molar-refractivity contribution in [2.75, 3.05) is 7.11 Å². The van der Waals surface area contributed by atoms with Gasteiger partial charge in [0.05, 0.1) is 12.6 Å². The number of ether oxygens (including phenoxy) is 1. The molecule has 4 rings (SSSR count). The number of methoxy groups -OCH3 is 1. The lowest BCUT2D eigenvalue weighted by Crippen LogP contribution is -2.35. The van der Waals surface area contributed by atoms with Gasteiger partial charge < -0.3 is 4.74 Å². The van der Waals surface area contributed by atoms with Crippen LogP contribution in [0.3, 0.4) is 0 Å². The van der Waals surface area contributed by atoms with E-state index in [-0.39, 0.29) is 17.9 Å². The fraction of sp³-hybridized carbons (Fsp3) is 0.294. The predicted molar refractivity (Wildman–Crippen MR) is 82.6 cm³/mol. The van der Waals surface area contributed by atoms with E-state index in [4.69, 9.17) is 4.74 Å². The van der Waals surface area contributed by atoms with Crippen molar-refractivity contribution in [2.24, 2.45) is 0 Å². The molecule has 1 heterocycles. The molecule has 1 atom stereocenters. The Balaban J connectivity index is 0.00000121. The van der Waals surface area contributed by atoms with Gasteiger partial charge in [-0.25, -0.2) is 0 Å². The monoisotopic (exact) mass is 287 g/mol. The first kappa shape index (κ1) is 13.5.